The van der Waals surface area contributed by atoms with Crippen molar-refractivity contribution >= 4 is 0 Å². The van der Waals surface area contributed by atoms with E-state index in [1.165, 1.54) is 17.5 Å². The van der Waals surface area contributed by atoms with Crippen LogP contribution in [-0.4, -0.2) is 0 Å². The van der Waals surface area contributed by atoms with Crippen molar-refractivity contribution in [3.8, 4) is 0 Å². The molecule has 0 saturated heterocycles. The maximum Gasteiger partial charge on any atom is 0.00154 e. The Hall–Kier alpha value is -1.04. The second-order valence-electron chi connectivity index (χ2n) is 4.55. The van der Waals surface area contributed by atoms with Gasteiger partial charge in [0.2, 0.25) is 0 Å². The summed E-state index contributed by atoms with van der Waals surface area (Å²) >= 11 is 0. The van der Waals surface area contributed by atoms with Crippen LogP contribution in [0.25, 0.3) is 0 Å². The number of allylic oxidation sites excluding steroid dienone is 2. The van der Waals surface area contributed by atoms with Gasteiger partial charge in [0.1, 0.15) is 0 Å². The van der Waals surface area contributed by atoms with E-state index in [-0.39, 0.29) is 0 Å². The van der Waals surface area contributed by atoms with Crippen LogP contribution in [0.4, 0.5) is 0 Å². The molecule has 0 bridgehead atoms. The van der Waals surface area contributed by atoms with E-state index in [1.807, 2.05) is 0 Å². The lowest BCUT2D eigenvalue weighted by Gasteiger charge is -2.11. The van der Waals surface area contributed by atoms with E-state index in [4.69, 9.17) is 0 Å². The van der Waals surface area contributed by atoms with E-state index in [0.29, 0.717) is 11.8 Å². The van der Waals surface area contributed by atoms with Crippen LogP contribution in [0, 0.1) is 12.8 Å². The lowest BCUT2D eigenvalue weighted by Crippen LogP contribution is -1.94. The van der Waals surface area contributed by atoms with Crippen LogP contribution in [-0.2, 0) is 0 Å². The average Bonchev–Trinajstić information content (AvgIpc) is 2.21. The van der Waals surface area contributed by atoms with Crippen molar-refractivity contribution in [3.63, 3.8) is 0 Å². The lowest BCUT2D eigenvalue weighted by atomic mass is 9.94. The summed E-state index contributed by atoms with van der Waals surface area (Å²) in [5.74, 6) is 1.22. The number of hydrogen-bond acceptors (Lipinski definition) is 0. The quantitative estimate of drug-likeness (QED) is 0.621. The summed E-state index contributed by atoms with van der Waals surface area (Å²) in [5, 5.41) is 0. The zero-order valence-electron chi connectivity index (χ0n) is 10.3. The van der Waals surface area contributed by atoms with Crippen LogP contribution in [0.5, 0.6) is 0 Å². The Morgan fingerprint density at radius 2 is 1.67 bits per heavy atom. The first-order valence-electron chi connectivity index (χ1n) is 5.88. The van der Waals surface area contributed by atoms with E-state index in [9.17, 15) is 0 Å². The van der Waals surface area contributed by atoms with Crippen molar-refractivity contribution in [2.75, 3.05) is 0 Å². The Balaban J connectivity index is 2.78. The normalized spacial score (nSPS) is 13.7. The van der Waals surface area contributed by atoms with E-state index >= 15 is 0 Å². The number of hydrogen-bond donors (Lipinski definition) is 0. The Bertz CT molecular complexity index is 303. The molecule has 15 heavy (non-hydrogen) atoms. The van der Waals surface area contributed by atoms with Crippen molar-refractivity contribution in [1.82, 2.24) is 0 Å². The molecule has 0 aliphatic carbocycles. The standard InChI is InChI=1S/C15H22/c1-5-14(9-6-12(2)3)15-10-7-13(4)8-11-15/h6-12,14H,5H2,1-4H3/b9-6+. The molecule has 0 spiro atoms. The molecule has 0 fully saturated rings. The summed E-state index contributed by atoms with van der Waals surface area (Å²) in [6.07, 6.45) is 5.82. The van der Waals surface area contributed by atoms with E-state index in [0.717, 1.165) is 0 Å². The van der Waals surface area contributed by atoms with Crippen molar-refractivity contribution in [1.29, 1.82) is 0 Å². The third kappa shape index (κ3) is 3.91. The molecule has 0 heteroatoms. The molecule has 1 aromatic carbocycles. The molecule has 0 aliphatic rings. The smallest absolute Gasteiger partial charge is 0.00154 e. The molecule has 1 rings (SSSR count). The fraction of sp³-hybridized carbons (Fsp3) is 0.467. The van der Waals surface area contributed by atoms with Gasteiger partial charge in [0.05, 0.1) is 0 Å². The zero-order chi connectivity index (χ0) is 11.3. The topological polar surface area (TPSA) is 0 Å². The predicted octanol–water partition coefficient (Wildman–Crippen LogP) is 4.70. The fourth-order valence-corrected chi connectivity index (χ4v) is 1.65. The molecule has 0 nitrogen and oxygen atoms in total. The third-order valence-corrected chi connectivity index (χ3v) is 2.67. The minimum absolute atomic E-state index is 0.577. The van der Waals surface area contributed by atoms with Crippen LogP contribution in [0.3, 0.4) is 0 Å². The largest absolute Gasteiger partial charge is 0.0854 e. The fourth-order valence-electron chi connectivity index (χ4n) is 1.65. The van der Waals surface area contributed by atoms with E-state index < -0.39 is 0 Å². The first kappa shape index (κ1) is 12.0. The molecule has 0 aromatic heterocycles. The highest BCUT2D eigenvalue weighted by atomic mass is 14.1. The summed E-state index contributed by atoms with van der Waals surface area (Å²) in [5.41, 5.74) is 2.77. The zero-order valence-corrected chi connectivity index (χ0v) is 10.3. The van der Waals surface area contributed by atoms with Gasteiger partial charge in [-0.1, -0.05) is 62.8 Å². The molecule has 82 valence electrons. The highest BCUT2D eigenvalue weighted by molar-refractivity contribution is 5.27. The molecule has 0 radical (unpaired) electrons. The van der Waals surface area contributed by atoms with Crippen LogP contribution in [0.2, 0.25) is 0 Å². The first-order chi connectivity index (χ1) is 7.13. The van der Waals surface area contributed by atoms with Gasteiger partial charge in [-0.05, 0) is 24.8 Å². The SMILES string of the molecule is CCC(/C=C/C(C)C)c1ccc(C)cc1. The molecule has 0 aliphatic heterocycles. The van der Waals surface area contributed by atoms with Gasteiger partial charge < -0.3 is 0 Å². The van der Waals surface area contributed by atoms with Crippen LogP contribution in [0.1, 0.15) is 44.2 Å². The summed E-state index contributed by atoms with van der Waals surface area (Å²) in [4.78, 5) is 0. The molecule has 0 saturated carbocycles. The van der Waals surface area contributed by atoms with Crippen molar-refractivity contribution in [2.45, 2.75) is 40.0 Å². The second-order valence-corrected chi connectivity index (χ2v) is 4.55. The van der Waals surface area contributed by atoms with Gasteiger partial charge in [0.25, 0.3) is 0 Å². The molecule has 0 N–H and O–H groups in total. The number of rotatable bonds is 4. The third-order valence-electron chi connectivity index (χ3n) is 2.67. The predicted molar refractivity (Wildman–Crippen MR) is 68.2 cm³/mol. The van der Waals surface area contributed by atoms with Crippen LogP contribution in [0.15, 0.2) is 36.4 Å². The second kappa shape index (κ2) is 5.75. The molecule has 1 aromatic rings. The van der Waals surface area contributed by atoms with E-state index in [2.05, 4.69) is 64.1 Å². The Kier molecular flexibility index (Phi) is 4.61. The highest BCUT2D eigenvalue weighted by Gasteiger charge is 2.04. The number of aryl methyl sites for hydroxylation is 1. The van der Waals surface area contributed by atoms with Crippen molar-refractivity contribution in [2.24, 2.45) is 5.92 Å². The van der Waals surface area contributed by atoms with Gasteiger partial charge >= 0.3 is 0 Å². The maximum atomic E-state index is 2.34. The van der Waals surface area contributed by atoms with Gasteiger partial charge in [0, 0.05) is 5.92 Å². The van der Waals surface area contributed by atoms with Crippen LogP contribution >= 0.6 is 0 Å². The first-order valence-corrected chi connectivity index (χ1v) is 5.88. The molecular weight excluding hydrogens is 180 g/mol. The molecular formula is C15H22. The maximum absolute atomic E-state index is 2.34. The van der Waals surface area contributed by atoms with Gasteiger partial charge in [0.15, 0.2) is 0 Å². The molecule has 1 atom stereocenters. The van der Waals surface area contributed by atoms with Gasteiger partial charge in [-0.2, -0.15) is 0 Å². The highest BCUT2D eigenvalue weighted by Crippen LogP contribution is 2.21. The van der Waals surface area contributed by atoms with Crippen molar-refractivity contribution < 1.29 is 0 Å². The Morgan fingerprint density at radius 3 is 2.13 bits per heavy atom. The summed E-state index contributed by atoms with van der Waals surface area (Å²) < 4.78 is 0. The minimum atomic E-state index is 0.577. The van der Waals surface area contributed by atoms with Crippen LogP contribution < -0.4 is 0 Å². The van der Waals surface area contributed by atoms with Crippen molar-refractivity contribution in [3.05, 3.63) is 47.5 Å². The Morgan fingerprint density at radius 1 is 1.07 bits per heavy atom. The summed E-state index contributed by atoms with van der Waals surface area (Å²) in [6.45, 7) is 8.82. The minimum Gasteiger partial charge on any atom is -0.0854 e. The average molecular weight is 202 g/mol. The summed E-state index contributed by atoms with van der Waals surface area (Å²) in [6, 6.07) is 8.88. The summed E-state index contributed by atoms with van der Waals surface area (Å²) in [7, 11) is 0. The van der Waals surface area contributed by atoms with Gasteiger partial charge in [-0.15, -0.1) is 0 Å². The van der Waals surface area contributed by atoms with E-state index in [1.54, 1.807) is 0 Å². The molecule has 0 heterocycles. The monoisotopic (exact) mass is 202 g/mol. The molecule has 1 unspecified atom stereocenters. The van der Waals surface area contributed by atoms with Gasteiger partial charge in [-0.25, -0.2) is 0 Å². The number of benzene rings is 1. The lowest BCUT2D eigenvalue weighted by molar-refractivity contribution is 0.772. The van der Waals surface area contributed by atoms with Gasteiger partial charge in [-0.3, -0.25) is 0 Å². The Labute approximate surface area is 94.0 Å². The molecule has 0 amide bonds.